The molecule has 1 aliphatic carbocycles. The van der Waals surface area contributed by atoms with Gasteiger partial charge in [-0.05, 0) is 68.1 Å². The zero-order valence-corrected chi connectivity index (χ0v) is 42.0. The summed E-state index contributed by atoms with van der Waals surface area (Å²) in [6.07, 6.45) is 6.05. The zero-order valence-electron chi connectivity index (χ0n) is 42.0. The summed E-state index contributed by atoms with van der Waals surface area (Å²) in [5.41, 5.74) is 18.5. The molecule has 1 aliphatic rings. The molecule has 0 spiro atoms. The van der Waals surface area contributed by atoms with Crippen LogP contribution in [0.1, 0.15) is 96.4 Å². The Balaban J connectivity index is 1.31. The van der Waals surface area contributed by atoms with Gasteiger partial charge < -0.3 is 64.4 Å². The standard InChI is InChI=1S/C51H71N13O9/c1-28(2)21-38(43(54)66)60-48(71)40(24-33-26-55-27-57-33)62-50(73)51(19-11-12-20-51)64-49(72)42(29(3)4)63-44(67)30(5)58-47(70)39(23-32-25-56-36-16-10-9-15-34(32)36)61-46(69)37(17-18-41(53)65)59-45(68)35(52)22-31-13-7-6-8-14-31/h6-10,13-16,25-30,35,37-40,42,56H,11-12,17-24,52H2,1-5H3,(H2,53,65)(H2,54,66)(H,55,57)(H,58,70)(H,59,68)(H,60,71)(H,61,69)(H,62,73)(H,63,67)(H,64,72)/t30-,35+,37-,38-,39-,40-,42-/m0/s1. The fourth-order valence-electron chi connectivity index (χ4n) is 8.80. The molecule has 5 rings (SSSR count). The van der Waals surface area contributed by atoms with Gasteiger partial charge in [-0.3, -0.25) is 43.2 Å². The number of imidazole rings is 1. The SMILES string of the molecule is CC(C)C[C@H](NC(=O)[C@H](Cc1cnc[nH]1)NC(=O)C1(NC(=O)[C@@H](NC(=O)[C@H](C)NC(=O)[C@H](Cc2c[nH]c3ccccc23)NC(=O)[C@H](CCC(N)=O)NC(=O)[C@H](N)Cc2ccccc2)C(C)C)CCCC1)C(N)=O. The van der Waals surface area contributed by atoms with E-state index in [0.717, 1.165) is 16.5 Å². The number of aromatic amines is 2. The first-order chi connectivity index (χ1) is 34.7. The van der Waals surface area contributed by atoms with Crippen LogP contribution in [0.3, 0.4) is 0 Å². The van der Waals surface area contributed by atoms with Gasteiger partial charge in [0.25, 0.3) is 0 Å². The molecule has 73 heavy (non-hydrogen) atoms. The van der Waals surface area contributed by atoms with Crippen molar-refractivity contribution in [2.75, 3.05) is 0 Å². The Morgan fingerprint density at radius 1 is 0.658 bits per heavy atom. The van der Waals surface area contributed by atoms with Gasteiger partial charge in [0, 0.05) is 48.3 Å². The second-order valence-corrected chi connectivity index (χ2v) is 19.6. The normalized spacial score (nSPS) is 15.9. The molecular formula is C51H71N13O9. The Hall–Kier alpha value is -7.62. The van der Waals surface area contributed by atoms with Crippen LogP contribution in [-0.4, -0.2) is 116 Å². The Labute approximate surface area is 424 Å². The third-order valence-electron chi connectivity index (χ3n) is 12.9. The lowest BCUT2D eigenvalue weighted by atomic mass is 9.93. The van der Waals surface area contributed by atoms with Gasteiger partial charge in [-0.25, -0.2) is 4.98 Å². The lowest BCUT2D eigenvalue weighted by molar-refractivity contribution is -0.138. The number of carbonyl (C=O) groups is 9. The molecule has 1 saturated carbocycles. The number of carbonyl (C=O) groups excluding carboxylic acids is 9. The van der Waals surface area contributed by atoms with Crippen LogP contribution in [-0.2, 0) is 62.4 Å². The molecule has 22 heteroatoms. The minimum atomic E-state index is -1.47. The molecule has 2 aromatic carbocycles. The van der Waals surface area contributed by atoms with E-state index in [-0.39, 0.29) is 57.3 Å². The fraction of sp³-hybridized carbons (Fsp3) is 0.490. The summed E-state index contributed by atoms with van der Waals surface area (Å²) in [7, 11) is 0. The van der Waals surface area contributed by atoms with Crippen LogP contribution in [0.2, 0.25) is 0 Å². The predicted molar refractivity (Wildman–Crippen MR) is 271 cm³/mol. The number of hydrogen-bond acceptors (Lipinski definition) is 11. The molecular weight excluding hydrogens is 939 g/mol. The van der Waals surface area contributed by atoms with Crippen LogP contribution < -0.4 is 54.4 Å². The van der Waals surface area contributed by atoms with Crippen molar-refractivity contribution in [1.82, 2.24) is 52.2 Å². The summed E-state index contributed by atoms with van der Waals surface area (Å²) in [6, 6.07) is 7.91. The number of hydrogen-bond donors (Lipinski definition) is 12. The molecule has 2 heterocycles. The lowest BCUT2D eigenvalue weighted by Crippen LogP contribution is -2.65. The molecule has 0 unspecified atom stereocenters. The summed E-state index contributed by atoms with van der Waals surface area (Å²) in [5.74, 6) is -6.97. The molecule has 0 aliphatic heterocycles. The number of rotatable bonds is 27. The molecule has 1 fully saturated rings. The average molecular weight is 1010 g/mol. The first kappa shape index (κ1) is 56.3. The molecule has 22 nitrogen and oxygen atoms in total. The van der Waals surface area contributed by atoms with Gasteiger partial charge in [0.05, 0.1) is 12.4 Å². The van der Waals surface area contributed by atoms with E-state index in [9.17, 15) is 43.2 Å². The Kier molecular flexibility index (Phi) is 20.2. The highest BCUT2D eigenvalue weighted by atomic mass is 16.2. The molecule has 0 radical (unpaired) electrons. The lowest BCUT2D eigenvalue weighted by Gasteiger charge is -2.34. The van der Waals surface area contributed by atoms with E-state index in [4.69, 9.17) is 17.2 Å². The van der Waals surface area contributed by atoms with Crippen LogP contribution >= 0.6 is 0 Å². The smallest absolute Gasteiger partial charge is 0.246 e. The monoisotopic (exact) mass is 1010 g/mol. The number of para-hydroxylation sites is 1. The Morgan fingerprint density at radius 3 is 1.90 bits per heavy atom. The quantitative estimate of drug-likeness (QED) is 0.0379. The largest absolute Gasteiger partial charge is 0.370 e. The average Bonchev–Trinajstić information content (AvgIpc) is 4.14. The Bertz CT molecular complexity index is 2560. The van der Waals surface area contributed by atoms with Gasteiger partial charge >= 0.3 is 0 Å². The number of aromatic nitrogens is 3. The summed E-state index contributed by atoms with van der Waals surface area (Å²) in [5, 5.41) is 19.8. The second-order valence-electron chi connectivity index (χ2n) is 19.6. The van der Waals surface area contributed by atoms with Crippen molar-refractivity contribution in [2.45, 2.75) is 147 Å². The highest BCUT2D eigenvalue weighted by molar-refractivity contribution is 5.99. The highest BCUT2D eigenvalue weighted by Crippen LogP contribution is 2.31. The van der Waals surface area contributed by atoms with Crippen molar-refractivity contribution in [2.24, 2.45) is 29.0 Å². The minimum Gasteiger partial charge on any atom is -0.370 e. The molecule has 9 amide bonds. The van der Waals surface area contributed by atoms with Crippen LogP contribution in [0, 0.1) is 11.8 Å². The van der Waals surface area contributed by atoms with Gasteiger partial charge in [0.15, 0.2) is 0 Å². The van der Waals surface area contributed by atoms with Gasteiger partial charge in [0.2, 0.25) is 53.2 Å². The van der Waals surface area contributed by atoms with Crippen molar-refractivity contribution in [3.63, 3.8) is 0 Å². The predicted octanol–water partition coefficient (Wildman–Crippen LogP) is 0.0568. The third-order valence-corrected chi connectivity index (χ3v) is 12.9. The first-order valence-corrected chi connectivity index (χ1v) is 24.7. The first-order valence-electron chi connectivity index (χ1n) is 24.7. The molecule has 15 N–H and O–H groups in total. The number of nitrogens with one attached hydrogen (secondary N) is 9. The summed E-state index contributed by atoms with van der Waals surface area (Å²) < 4.78 is 0. The number of amides is 9. The van der Waals surface area contributed by atoms with Crippen LogP contribution in [0.4, 0.5) is 0 Å². The fourth-order valence-corrected chi connectivity index (χ4v) is 8.80. The minimum absolute atomic E-state index is 0.0163. The van der Waals surface area contributed by atoms with E-state index in [1.165, 1.54) is 19.4 Å². The maximum atomic E-state index is 14.3. The van der Waals surface area contributed by atoms with Crippen molar-refractivity contribution in [3.05, 3.63) is 90.1 Å². The van der Waals surface area contributed by atoms with Crippen LogP contribution in [0.5, 0.6) is 0 Å². The maximum Gasteiger partial charge on any atom is 0.246 e. The number of nitrogens with two attached hydrogens (primary N) is 3. The van der Waals surface area contributed by atoms with Crippen molar-refractivity contribution in [1.29, 1.82) is 0 Å². The molecule has 2 aromatic heterocycles. The van der Waals surface area contributed by atoms with Gasteiger partial charge in [0.1, 0.15) is 41.8 Å². The summed E-state index contributed by atoms with van der Waals surface area (Å²) >= 11 is 0. The topological polar surface area (TPSA) is 360 Å². The molecule has 4 aromatic rings. The van der Waals surface area contributed by atoms with Crippen molar-refractivity contribution < 1.29 is 43.2 Å². The van der Waals surface area contributed by atoms with Crippen molar-refractivity contribution in [3.8, 4) is 0 Å². The van der Waals surface area contributed by atoms with Gasteiger partial charge in [-0.1, -0.05) is 89.1 Å². The van der Waals surface area contributed by atoms with E-state index in [2.05, 4.69) is 52.2 Å². The summed E-state index contributed by atoms with van der Waals surface area (Å²) in [4.78, 5) is 132. The molecule has 0 saturated heterocycles. The van der Waals surface area contributed by atoms with Gasteiger partial charge in [-0.15, -0.1) is 0 Å². The van der Waals surface area contributed by atoms with Crippen molar-refractivity contribution >= 4 is 64.1 Å². The number of primary amides is 2. The van der Waals surface area contributed by atoms with E-state index < -0.39 is 107 Å². The number of nitrogens with zero attached hydrogens (tertiary/aromatic N) is 1. The van der Waals surface area contributed by atoms with E-state index in [1.807, 2.05) is 44.2 Å². The van der Waals surface area contributed by atoms with Gasteiger partial charge in [-0.2, -0.15) is 0 Å². The number of benzene rings is 2. The molecule has 394 valence electrons. The van der Waals surface area contributed by atoms with E-state index in [1.54, 1.807) is 44.3 Å². The third kappa shape index (κ3) is 16.2. The highest BCUT2D eigenvalue weighted by Gasteiger charge is 2.45. The van der Waals surface area contributed by atoms with Crippen LogP contribution in [0.15, 0.2) is 73.3 Å². The van der Waals surface area contributed by atoms with E-state index in [0.29, 0.717) is 24.1 Å². The zero-order chi connectivity index (χ0) is 53.4. The van der Waals surface area contributed by atoms with Crippen LogP contribution in [0.25, 0.3) is 10.9 Å². The Morgan fingerprint density at radius 2 is 1.27 bits per heavy atom. The molecule has 7 atom stereocenters. The second kappa shape index (κ2) is 26.2. The maximum absolute atomic E-state index is 14.3. The molecule has 0 bridgehead atoms. The number of fused-ring (bicyclic) bond motifs is 1. The van der Waals surface area contributed by atoms with E-state index >= 15 is 0 Å². The number of H-pyrrole nitrogens is 2. The summed E-state index contributed by atoms with van der Waals surface area (Å²) in [6.45, 7) is 8.54.